The van der Waals surface area contributed by atoms with Gasteiger partial charge in [-0.2, -0.15) is 0 Å². The number of amides is 2. The van der Waals surface area contributed by atoms with E-state index in [0.29, 0.717) is 34.0 Å². The summed E-state index contributed by atoms with van der Waals surface area (Å²) in [5.41, 5.74) is 8.06. The minimum Gasteiger partial charge on any atom is -0.491 e. The number of terminal acetylenes is 2. The second kappa shape index (κ2) is 23.5. The van der Waals surface area contributed by atoms with E-state index in [2.05, 4.69) is 46.7 Å². The highest BCUT2D eigenvalue weighted by Gasteiger charge is 2.46. The molecule has 0 spiro atoms. The van der Waals surface area contributed by atoms with Crippen molar-refractivity contribution in [2.45, 2.75) is 56.1 Å². The molecule has 2 unspecified atom stereocenters. The van der Waals surface area contributed by atoms with Crippen LogP contribution in [0.2, 0.25) is 0 Å². The second-order valence-electron chi connectivity index (χ2n) is 16.4. The van der Waals surface area contributed by atoms with Gasteiger partial charge in [-0.05, 0) is 107 Å². The average molecular weight is 925 g/mol. The Morgan fingerprint density at radius 3 is 1.32 bits per heavy atom. The second-order valence-corrected chi connectivity index (χ2v) is 16.4. The normalized spacial score (nSPS) is 12.7. The fourth-order valence-electron chi connectivity index (χ4n) is 8.24. The van der Waals surface area contributed by atoms with Gasteiger partial charge in [-0.1, -0.05) is 96.8 Å². The summed E-state index contributed by atoms with van der Waals surface area (Å²) in [5.74, 6) is 4.49. The lowest BCUT2D eigenvalue weighted by molar-refractivity contribution is -0.148. The van der Waals surface area contributed by atoms with Crippen LogP contribution in [0.5, 0.6) is 11.5 Å². The zero-order valence-corrected chi connectivity index (χ0v) is 37.9. The van der Waals surface area contributed by atoms with E-state index in [9.17, 15) is 29.4 Å². The number of rotatable bonds is 22. The maximum absolute atomic E-state index is 12.4. The van der Waals surface area contributed by atoms with Crippen molar-refractivity contribution >= 4 is 35.1 Å². The Labute approximate surface area is 401 Å². The number of carbonyl (C=O) groups excluding carboxylic acids is 4. The van der Waals surface area contributed by atoms with Gasteiger partial charge in [-0.25, -0.2) is 0 Å². The molecule has 6 aromatic carbocycles. The third-order valence-corrected chi connectivity index (χ3v) is 11.5. The molecule has 1 aliphatic carbocycles. The standard InChI is InChI=1S/C57H52N2O10/c1-3-39-13-9-15-43(33-39)58-53(62)21-11-23-55(64)68-37-45(60)35-66-47-29-25-41(26-30-47)57(51-19-7-5-17-49(51)50-18-6-8-20-52(50)57)42-27-31-48(32-28-42)67-36-46(61)38-69-56(65)24-12-22-54(63)59-44-16-10-14-40(4-2)34-44/h1-2,5-10,13-20,25-34,45-46,60-61H,11-12,21-24,35-38H2,(H,58,62)(H,59,63). The summed E-state index contributed by atoms with van der Waals surface area (Å²) >= 11 is 0. The molecule has 0 radical (unpaired) electrons. The van der Waals surface area contributed by atoms with Gasteiger partial charge in [0.2, 0.25) is 11.8 Å². The molecular formula is C57H52N2O10. The first kappa shape index (κ1) is 48.8. The zero-order valence-electron chi connectivity index (χ0n) is 37.9. The lowest BCUT2D eigenvalue weighted by atomic mass is 9.68. The van der Waals surface area contributed by atoms with E-state index in [0.717, 1.165) is 33.4 Å². The van der Waals surface area contributed by atoms with Gasteiger partial charge in [0, 0.05) is 48.2 Å². The molecule has 12 heteroatoms. The number of anilines is 2. The molecule has 0 bridgehead atoms. The molecule has 0 aliphatic heterocycles. The van der Waals surface area contributed by atoms with Crippen molar-refractivity contribution in [3.05, 3.63) is 179 Å². The van der Waals surface area contributed by atoms with Crippen LogP contribution in [0.15, 0.2) is 146 Å². The van der Waals surface area contributed by atoms with E-state index in [1.54, 1.807) is 48.5 Å². The Morgan fingerprint density at radius 2 is 0.913 bits per heavy atom. The van der Waals surface area contributed by atoms with E-state index in [-0.39, 0.29) is 76.8 Å². The highest BCUT2D eigenvalue weighted by molar-refractivity contribution is 5.92. The summed E-state index contributed by atoms with van der Waals surface area (Å²) in [5, 5.41) is 26.7. The number of carbonyl (C=O) groups is 4. The Kier molecular flexibility index (Phi) is 16.6. The van der Waals surface area contributed by atoms with Crippen LogP contribution in [0.3, 0.4) is 0 Å². The number of benzene rings is 6. The number of fused-ring (bicyclic) bond motifs is 3. The fraction of sp³-hybridized carbons (Fsp3) is 0.228. The quantitative estimate of drug-likeness (QED) is 0.0384. The summed E-state index contributed by atoms with van der Waals surface area (Å²) in [4.78, 5) is 49.4. The van der Waals surface area contributed by atoms with Crippen LogP contribution in [-0.2, 0) is 34.1 Å². The molecule has 0 aromatic heterocycles. The van der Waals surface area contributed by atoms with Gasteiger partial charge in [0.05, 0.1) is 5.41 Å². The third-order valence-electron chi connectivity index (χ3n) is 11.5. The van der Waals surface area contributed by atoms with Crippen LogP contribution in [0.1, 0.15) is 71.9 Å². The first-order chi connectivity index (χ1) is 33.5. The lowest BCUT2D eigenvalue weighted by Gasteiger charge is -2.34. The van der Waals surface area contributed by atoms with Crippen LogP contribution in [0, 0.1) is 24.7 Å². The average Bonchev–Trinajstić information content (AvgIpc) is 3.67. The number of esters is 2. The van der Waals surface area contributed by atoms with E-state index in [4.69, 9.17) is 31.8 Å². The van der Waals surface area contributed by atoms with Gasteiger partial charge in [0.1, 0.15) is 50.1 Å². The maximum atomic E-state index is 12.4. The van der Waals surface area contributed by atoms with Gasteiger partial charge in [-0.15, -0.1) is 12.8 Å². The molecule has 4 N–H and O–H groups in total. The molecule has 1 aliphatic rings. The number of nitrogens with one attached hydrogen (secondary N) is 2. The van der Waals surface area contributed by atoms with Crippen LogP contribution in [-0.4, -0.2) is 72.6 Å². The molecule has 0 fully saturated rings. The van der Waals surface area contributed by atoms with Crippen LogP contribution < -0.4 is 20.1 Å². The van der Waals surface area contributed by atoms with E-state index < -0.39 is 29.6 Å². The summed E-state index contributed by atoms with van der Waals surface area (Å²) < 4.78 is 22.4. The summed E-state index contributed by atoms with van der Waals surface area (Å²) in [6.07, 6.45) is 9.47. The lowest BCUT2D eigenvalue weighted by Crippen LogP contribution is -2.28. The first-order valence-electron chi connectivity index (χ1n) is 22.6. The topological polar surface area (TPSA) is 170 Å². The predicted molar refractivity (Wildman–Crippen MR) is 262 cm³/mol. The molecule has 2 amide bonds. The van der Waals surface area contributed by atoms with Crippen LogP contribution in [0.25, 0.3) is 11.1 Å². The summed E-state index contributed by atoms with van der Waals surface area (Å²) in [6, 6.07) is 45.8. The highest BCUT2D eigenvalue weighted by Crippen LogP contribution is 2.56. The van der Waals surface area contributed by atoms with E-state index >= 15 is 0 Å². The Hall–Kier alpha value is -8.16. The molecule has 350 valence electrons. The molecule has 2 atom stereocenters. The molecule has 69 heavy (non-hydrogen) atoms. The number of aliphatic hydroxyl groups is 2. The molecule has 7 rings (SSSR count). The minimum atomic E-state index is -1.08. The Morgan fingerprint density at radius 1 is 0.507 bits per heavy atom. The molecule has 0 saturated carbocycles. The van der Waals surface area contributed by atoms with Crippen molar-refractivity contribution in [3.63, 3.8) is 0 Å². The first-order valence-corrected chi connectivity index (χ1v) is 22.6. The van der Waals surface area contributed by atoms with Crippen LogP contribution in [0.4, 0.5) is 11.4 Å². The minimum absolute atomic E-state index is 0.0108. The maximum Gasteiger partial charge on any atom is 0.305 e. The Balaban J connectivity index is 0.909. The van der Waals surface area contributed by atoms with Crippen molar-refractivity contribution in [2.24, 2.45) is 0 Å². The van der Waals surface area contributed by atoms with E-state index in [1.807, 2.05) is 72.8 Å². The SMILES string of the molecule is C#Cc1cccc(NC(=O)CCCC(=O)OCC(O)COc2ccc(C3(c4ccc(OCC(O)COC(=O)CCCC(=O)Nc5cccc(C#C)c5)cc4)c4ccccc4-c4ccccc43)cc2)c1. The summed E-state index contributed by atoms with van der Waals surface area (Å²) in [7, 11) is 0. The van der Waals surface area contributed by atoms with Gasteiger partial charge in [0.15, 0.2) is 0 Å². The number of hydrogen-bond donors (Lipinski definition) is 4. The molecular weight excluding hydrogens is 873 g/mol. The van der Waals surface area contributed by atoms with Gasteiger partial charge >= 0.3 is 11.9 Å². The van der Waals surface area contributed by atoms with Crippen molar-refractivity contribution in [2.75, 3.05) is 37.1 Å². The van der Waals surface area contributed by atoms with Crippen LogP contribution >= 0.6 is 0 Å². The fourth-order valence-corrected chi connectivity index (χ4v) is 8.24. The van der Waals surface area contributed by atoms with Crippen molar-refractivity contribution < 1.29 is 48.3 Å². The van der Waals surface area contributed by atoms with Crippen molar-refractivity contribution in [1.29, 1.82) is 0 Å². The predicted octanol–water partition coefficient (Wildman–Crippen LogP) is 8.20. The third kappa shape index (κ3) is 12.6. The number of aliphatic hydroxyl groups excluding tert-OH is 2. The van der Waals surface area contributed by atoms with Crippen molar-refractivity contribution in [3.8, 4) is 47.3 Å². The zero-order chi connectivity index (χ0) is 48.6. The Bertz CT molecular complexity index is 2650. The van der Waals surface area contributed by atoms with Crippen molar-refractivity contribution in [1.82, 2.24) is 0 Å². The molecule has 0 heterocycles. The monoisotopic (exact) mass is 924 g/mol. The smallest absolute Gasteiger partial charge is 0.305 e. The van der Waals surface area contributed by atoms with Gasteiger partial charge in [0.25, 0.3) is 0 Å². The highest BCUT2D eigenvalue weighted by atomic mass is 16.6. The molecule has 6 aromatic rings. The van der Waals surface area contributed by atoms with Gasteiger partial charge in [-0.3, -0.25) is 19.2 Å². The molecule has 0 saturated heterocycles. The van der Waals surface area contributed by atoms with E-state index in [1.165, 1.54) is 0 Å². The largest absolute Gasteiger partial charge is 0.491 e. The molecule has 12 nitrogen and oxygen atoms in total. The van der Waals surface area contributed by atoms with Gasteiger partial charge < -0.3 is 39.8 Å². The number of hydrogen-bond acceptors (Lipinski definition) is 10. The number of ether oxygens (including phenoxy) is 4. The summed E-state index contributed by atoms with van der Waals surface area (Å²) in [6.45, 7) is -0.766.